The van der Waals surface area contributed by atoms with Crippen LogP contribution in [0.4, 0.5) is 0 Å². The summed E-state index contributed by atoms with van der Waals surface area (Å²) in [6.45, 7) is 10.3. The monoisotopic (exact) mass is 307 g/mol. The summed E-state index contributed by atoms with van der Waals surface area (Å²) in [5.41, 5.74) is 2.65. The Balaban J connectivity index is 2.23. The molecule has 1 nitrogen and oxygen atoms in total. The molecule has 2 heteroatoms. The minimum atomic E-state index is 0.457. The molecule has 1 N–H and O–H groups in total. The summed E-state index contributed by atoms with van der Waals surface area (Å²) < 4.78 is 0. The summed E-state index contributed by atoms with van der Waals surface area (Å²) in [5, 5.41) is 4.70. The average Bonchev–Trinajstić information content (AvgIpc) is 2.47. The van der Waals surface area contributed by atoms with E-state index >= 15 is 0 Å². The Bertz CT molecular complexity index is 457. The van der Waals surface area contributed by atoms with Gasteiger partial charge in [-0.2, -0.15) is 0 Å². The maximum atomic E-state index is 6.35. The Morgan fingerprint density at radius 2 is 2.00 bits per heavy atom. The second-order valence-electron chi connectivity index (χ2n) is 6.91. The summed E-state index contributed by atoms with van der Waals surface area (Å²) in [6, 6.07) is 6.82. The summed E-state index contributed by atoms with van der Waals surface area (Å²) in [7, 11) is 0. The Kier molecular flexibility index (Phi) is 6.13. The lowest BCUT2D eigenvalue weighted by molar-refractivity contribution is 0.171. The minimum absolute atomic E-state index is 0.457. The van der Waals surface area contributed by atoms with E-state index in [2.05, 4.69) is 45.1 Å². The first-order valence-electron chi connectivity index (χ1n) is 8.53. The van der Waals surface area contributed by atoms with Crippen LogP contribution in [0, 0.1) is 24.7 Å². The van der Waals surface area contributed by atoms with Gasteiger partial charge in [0, 0.05) is 11.1 Å². The SMILES string of the molecule is CCCNC(c1cccc(Cl)c1C)C1CCC(C)C(C)C1. The van der Waals surface area contributed by atoms with Gasteiger partial charge in [-0.1, -0.05) is 50.9 Å². The highest BCUT2D eigenvalue weighted by atomic mass is 35.5. The maximum Gasteiger partial charge on any atom is 0.0438 e. The fraction of sp³-hybridized carbons (Fsp3) is 0.684. The molecule has 2 rings (SSSR count). The number of hydrogen-bond acceptors (Lipinski definition) is 1. The van der Waals surface area contributed by atoms with Crippen LogP contribution in [0.3, 0.4) is 0 Å². The lowest BCUT2D eigenvalue weighted by atomic mass is 9.71. The largest absolute Gasteiger partial charge is 0.310 e. The number of hydrogen-bond donors (Lipinski definition) is 1. The molecular formula is C19H30ClN. The topological polar surface area (TPSA) is 12.0 Å². The fourth-order valence-electron chi connectivity index (χ4n) is 3.68. The molecule has 4 unspecified atom stereocenters. The third-order valence-electron chi connectivity index (χ3n) is 5.37. The van der Waals surface area contributed by atoms with Crippen LogP contribution in [-0.2, 0) is 0 Å². The van der Waals surface area contributed by atoms with Gasteiger partial charge in [0.15, 0.2) is 0 Å². The van der Waals surface area contributed by atoms with E-state index in [1.807, 2.05) is 6.07 Å². The first kappa shape index (κ1) is 16.8. The Morgan fingerprint density at radius 3 is 2.67 bits per heavy atom. The van der Waals surface area contributed by atoms with Crippen LogP contribution in [0.25, 0.3) is 0 Å². The van der Waals surface area contributed by atoms with Crippen LogP contribution in [0.2, 0.25) is 5.02 Å². The lowest BCUT2D eigenvalue weighted by Gasteiger charge is -2.38. The predicted octanol–water partition coefficient (Wildman–Crippen LogP) is 5.76. The van der Waals surface area contributed by atoms with Crippen molar-refractivity contribution in [2.75, 3.05) is 6.54 Å². The maximum absolute atomic E-state index is 6.35. The third-order valence-corrected chi connectivity index (χ3v) is 5.78. The van der Waals surface area contributed by atoms with E-state index in [1.54, 1.807) is 0 Å². The molecule has 0 spiro atoms. The summed E-state index contributed by atoms with van der Waals surface area (Å²) >= 11 is 6.35. The van der Waals surface area contributed by atoms with Gasteiger partial charge in [-0.15, -0.1) is 0 Å². The van der Waals surface area contributed by atoms with E-state index in [4.69, 9.17) is 11.6 Å². The molecule has 1 aromatic rings. The van der Waals surface area contributed by atoms with Gasteiger partial charge in [0.25, 0.3) is 0 Å². The first-order chi connectivity index (χ1) is 10.0. The second kappa shape index (κ2) is 7.65. The highest BCUT2D eigenvalue weighted by Crippen LogP contribution is 2.41. The van der Waals surface area contributed by atoms with E-state index in [1.165, 1.54) is 36.8 Å². The standard InChI is InChI=1S/C19H30ClN/c1-5-11-21-19(16-10-9-13(2)14(3)12-16)17-7-6-8-18(20)15(17)4/h6-8,13-14,16,19,21H,5,9-12H2,1-4H3. The zero-order chi connectivity index (χ0) is 15.4. The van der Waals surface area contributed by atoms with Gasteiger partial charge in [-0.25, -0.2) is 0 Å². The molecule has 0 heterocycles. The van der Waals surface area contributed by atoms with Crippen LogP contribution in [-0.4, -0.2) is 6.54 Å². The summed E-state index contributed by atoms with van der Waals surface area (Å²) in [4.78, 5) is 0. The first-order valence-corrected chi connectivity index (χ1v) is 8.90. The molecule has 0 aliphatic heterocycles. The average molecular weight is 308 g/mol. The molecule has 21 heavy (non-hydrogen) atoms. The van der Waals surface area contributed by atoms with Crippen molar-refractivity contribution in [3.63, 3.8) is 0 Å². The lowest BCUT2D eigenvalue weighted by Crippen LogP contribution is -2.34. The molecule has 1 aliphatic carbocycles. The molecule has 1 aromatic carbocycles. The van der Waals surface area contributed by atoms with Gasteiger partial charge in [0.05, 0.1) is 0 Å². The van der Waals surface area contributed by atoms with Crippen molar-refractivity contribution < 1.29 is 0 Å². The van der Waals surface area contributed by atoms with Crippen LogP contribution >= 0.6 is 11.6 Å². The quantitative estimate of drug-likeness (QED) is 0.729. The van der Waals surface area contributed by atoms with Crippen LogP contribution in [0.5, 0.6) is 0 Å². The van der Waals surface area contributed by atoms with E-state index in [9.17, 15) is 0 Å². The molecule has 0 amide bonds. The van der Waals surface area contributed by atoms with Gasteiger partial charge >= 0.3 is 0 Å². The molecule has 0 saturated heterocycles. The molecular weight excluding hydrogens is 278 g/mol. The van der Waals surface area contributed by atoms with E-state index < -0.39 is 0 Å². The van der Waals surface area contributed by atoms with Gasteiger partial charge in [0.2, 0.25) is 0 Å². The highest BCUT2D eigenvalue weighted by molar-refractivity contribution is 6.31. The van der Waals surface area contributed by atoms with Crippen LogP contribution in [0.15, 0.2) is 18.2 Å². The molecule has 0 bridgehead atoms. The molecule has 0 radical (unpaired) electrons. The van der Waals surface area contributed by atoms with Crippen molar-refractivity contribution in [1.29, 1.82) is 0 Å². The Labute approximate surface area is 135 Å². The molecule has 1 fully saturated rings. The number of nitrogens with one attached hydrogen (secondary N) is 1. The fourth-order valence-corrected chi connectivity index (χ4v) is 3.87. The van der Waals surface area contributed by atoms with Crippen molar-refractivity contribution >= 4 is 11.6 Å². The van der Waals surface area contributed by atoms with E-state index in [0.29, 0.717) is 6.04 Å². The molecule has 4 atom stereocenters. The van der Waals surface area contributed by atoms with Gasteiger partial charge in [0.1, 0.15) is 0 Å². The molecule has 1 saturated carbocycles. The van der Waals surface area contributed by atoms with Crippen molar-refractivity contribution in [3.8, 4) is 0 Å². The third kappa shape index (κ3) is 4.02. The smallest absolute Gasteiger partial charge is 0.0438 e. The zero-order valence-electron chi connectivity index (χ0n) is 14.0. The Hall–Kier alpha value is -0.530. The number of halogens is 1. The van der Waals surface area contributed by atoms with E-state index in [-0.39, 0.29) is 0 Å². The minimum Gasteiger partial charge on any atom is -0.310 e. The summed E-state index contributed by atoms with van der Waals surface area (Å²) in [6.07, 6.45) is 5.19. The van der Waals surface area contributed by atoms with E-state index in [0.717, 1.165) is 29.3 Å². The van der Waals surface area contributed by atoms with Gasteiger partial charge in [-0.3, -0.25) is 0 Å². The van der Waals surface area contributed by atoms with Crippen molar-refractivity contribution in [2.24, 2.45) is 17.8 Å². The molecule has 118 valence electrons. The second-order valence-corrected chi connectivity index (χ2v) is 7.32. The van der Waals surface area contributed by atoms with Crippen LogP contribution in [0.1, 0.15) is 63.6 Å². The normalized spacial score (nSPS) is 27.6. The summed E-state index contributed by atoms with van der Waals surface area (Å²) in [5.74, 6) is 2.43. The highest BCUT2D eigenvalue weighted by Gasteiger charge is 2.31. The van der Waals surface area contributed by atoms with Crippen molar-refractivity contribution in [2.45, 2.75) is 59.4 Å². The van der Waals surface area contributed by atoms with Crippen molar-refractivity contribution in [1.82, 2.24) is 5.32 Å². The van der Waals surface area contributed by atoms with Gasteiger partial charge < -0.3 is 5.32 Å². The molecule has 1 aliphatic rings. The number of rotatable bonds is 5. The predicted molar refractivity (Wildman–Crippen MR) is 92.9 cm³/mol. The van der Waals surface area contributed by atoms with Crippen molar-refractivity contribution in [3.05, 3.63) is 34.3 Å². The number of benzene rings is 1. The van der Waals surface area contributed by atoms with Gasteiger partial charge in [-0.05, 0) is 67.7 Å². The Morgan fingerprint density at radius 1 is 1.24 bits per heavy atom. The van der Waals surface area contributed by atoms with Crippen LogP contribution < -0.4 is 5.32 Å². The zero-order valence-corrected chi connectivity index (χ0v) is 14.7. The molecule has 0 aromatic heterocycles.